The second-order valence-electron chi connectivity index (χ2n) is 5.98. The Hall–Kier alpha value is -3.20. The van der Waals surface area contributed by atoms with Gasteiger partial charge in [-0.2, -0.15) is 5.26 Å². The van der Waals surface area contributed by atoms with Crippen LogP contribution in [0.1, 0.15) is 12.0 Å². The van der Waals surface area contributed by atoms with Crippen LogP contribution in [0.5, 0.6) is 17.2 Å². The number of ether oxygens (including phenoxy) is 3. The van der Waals surface area contributed by atoms with Gasteiger partial charge in [-0.1, -0.05) is 12.1 Å². The topological polar surface area (TPSA) is 80.6 Å². The fraction of sp³-hybridized carbons (Fsp3) is 0.300. The van der Waals surface area contributed by atoms with Crippen LogP contribution >= 0.6 is 0 Å². The average Bonchev–Trinajstić information content (AvgIpc) is 2.65. The van der Waals surface area contributed by atoms with Crippen molar-refractivity contribution >= 4 is 11.6 Å². The molecule has 1 N–H and O–H groups in total. The van der Waals surface area contributed by atoms with Gasteiger partial charge in [0.05, 0.1) is 12.7 Å². The normalized spacial score (nSPS) is 13.4. The van der Waals surface area contributed by atoms with E-state index in [1.54, 1.807) is 18.2 Å². The summed E-state index contributed by atoms with van der Waals surface area (Å²) in [5.74, 6) is 0.807. The van der Waals surface area contributed by atoms with E-state index in [1.807, 2.05) is 37.3 Å². The molecule has 1 unspecified atom stereocenters. The van der Waals surface area contributed by atoms with Crippen molar-refractivity contribution in [3.63, 3.8) is 0 Å². The summed E-state index contributed by atoms with van der Waals surface area (Å²) in [6.07, 6.45) is 0.306. The van der Waals surface area contributed by atoms with E-state index < -0.39 is 5.92 Å². The van der Waals surface area contributed by atoms with E-state index in [0.717, 1.165) is 11.3 Å². The third-order valence-electron chi connectivity index (χ3n) is 3.95. The highest BCUT2D eigenvalue weighted by atomic mass is 16.6. The van der Waals surface area contributed by atoms with Gasteiger partial charge < -0.3 is 19.5 Å². The van der Waals surface area contributed by atoms with Crippen molar-refractivity contribution in [3.05, 3.63) is 48.0 Å². The van der Waals surface area contributed by atoms with Crippen molar-refractivity contribution in [1.29, 1.82) is 5.26 Å². The van der Waals surface area contributed by atoms with Crippen LogP contribution in [0, 0.1) is 24.2 Å². The van der Waals surface area contributed by atoms with Gasteiger partial charge in [-0.3, -0.25) is 4.79 Å². The summed E-state index contributed by atoms with van der Waals surface area (Å²) < 4.78 is 16.6. The number of anilines is 1. The van der Waals surface area contributed by atoms with E-state index in [0.29, 0.717) is 36.8 Å². The molecule has 6 nitrogen and oxygen atoms in total. The summed E-state index contributed by atoms with van der Waals surface area (Å²) in [4.78, 5) is 12.3. The monoisotopic (exact) mass is 352 g/mol. The fourth-order valence-electron chi connectivity index (χ4n) is 2.60. The lowest BCUT2D eigenvalue weighted by molar-refractivity contribution is -0.118. The third-order valence-corrected chi connectivity index (χ3v) is 3.95. The number of carbonyl (C=O) groups is 1. The Bertz CT molecular complexity index is 829. The molecule has 0 saturated carbocycles. The molecule has 0 fully saturated rings. The van der Waals surface area contributed by atoms with E-state index in [1.165, 1.54) is 0 Å². The van der Waals surface area contributed by atoms with Gasteiger partial charge >= 0.3 is 0 Å². The first kappa shape index (κ1) is 17.6. The van der Waals surface area contributed by atoms with Crippen LogP contribution in [0.25, 0.3) is 0 Å². The summed E-state index contributed by atoms with van der Waals surface area (Å²) in [6, 6.07) is 14.8. The Labute approximate surface area is 152 Å². The maximum atomic E-state index is 12.3. The Kier molecular flexibility index (Phi) is 5.59. The number of hydrogen-bond acceptors (Lipinski definition) is 5. The van der Waals surface area contributed by atoms with Crippen LogP contribution < -0.4 is 19.5 Å². The van der Waals surface area contributed by atoms with Crippen LogP contribution in [-0.4, -0.2) is 25.7 Å². The van der Waals surface area contributed by atoms with Crippen LogP contribution in [0.15, 0.2) is 42.5 Å². The van der Waals surface area contributed by atoms with Gasteiger partial charge in [0.25, 0.3) is 0 Å². The minimum Gasteiger partial charge on any atom is -0.494 e. The molecule has 1 aliphatic rings. The van der Waals surface area contributed by atoms with Crippen LogP contribution in [0.2, 0.25) is 0 Å². The maximum absolute atomic E-state index is 12.3. The van der Waals surface area contributed by atoms with E-state index in [2.05, 4.69) is 5.32 Å². The van der Waals surface area contributed by atoms with Crippen molar-refractivity contribution in [1.82, 2.24) is 0 Å². The molecular formula is C20H20N2O4. The highest BCUT2D eigenvalue weighted by molar-refractivity contribution is 5.94. The number of nitrogens with one attached hydrogen (secondary N) is 1. The number of benzene rings is 2. The molecule has 2 aromatic carbocycles. The number of nitrogens with zero attached hydrogens (tertiary/aromatic N) is 1. The quantitative estimate of drug-likeness (QED) is 0.863. The lowest BCUT2D eigenvalue weighted by Gasteiger charge is -2.19. The highest BCUT2D eigenvalue weighted by Crippen LogP contribution is 2.32. The molecule has 134 valence electrons. The average molecular weight is 352 g/mol. The summed E-state index contributed by atoms with van der Waals surface area (Å²) in [6.45, 7) is 3.25. The number of fused-ring (bicyclic) bond motifs is 1. The zero-order valence-electron chi connectivity index (χ0n) is 14.5. The number of nitriles is 1. The van der Waals surface area contributed by atoms with Gasteiger partial charge in [0.1, 0.15) is 24.9 Å². The van der Waals surface area contributed by atoms with Gasteiger partial charge in [-0.25, -0.2) is 0 Å². The zero-order valence-corrected chi connectivity index (χ0v) is 14.5. The third kappa shape index (κ3) is 4.45. The van der Waals surface area contributed by atoms with Crippen molar-refractivity contribution in [2.45, 2.75) is 13.3 Å². The Morgan fingerprint density at radius 3 is 2.81 bits per heavy atom. The van der Waals surface area contributed by atoms with Crippen LogP contribution in [0.4, 0.5) is 5.69 Å². The van der Waals surface area contributed by atoms with Gasteiger partial charge in [0.2, 0.25) is 5.91 Å². The molecular weight excluding hydrogens is 332 g/mol. The molecule has 0 radical (unpaired) electrons. The van der Waals surface area contributed by atoms with Crippen molar-refractivity contribution < 1.29 is 19.0 Å². The molecule has 0 saturated heterocycles. The van der Waals surface area contributed by atoms with Gasteiger partial charge in [0, 0.05) is 18.2 Å². The Morgan fingerprint density at radius 2 is 2.04 bits per heavy atom. The number of carbonyl (C=O) groups excluding carboxylic acids is 1. The van der Waals surface area contributed by atoms with E-state index in [4.69, 9.17) is 14.2 Å². The largest absolute Gasteiger partial charge is 0.494 e. The number of amides is 1. The first-order valence-electron chi connectivity index (χ1n) is 8.45. The van der Waals surface area contributed by atoms with Crippen LogP contribution in [0.3, 0.4) is 0 Å². The van der Waals surface area contributed by atoms with Gasteiger partial charge in [-0.05, 0) is 36.8 Å². The number of aryl methyl sites for hydroxylation is 1. The lowest BCUT2D eigenvalue weighted by atomic mass is 10.1. The Balaban J connectivity index is 1.54. The number of hydrogen-bond donors (Lipinski definition) is 1. The predicted octanol–water partition coefficient (Wildman–Crippen LogP) is 3.31. The van der Waals surface area contributed by atoms with E-state index in [-0.39, 0.29) is 12.5 Å². The van der Waals surface area contributed by atoms with Crippen molar-refractivity contribution in [2.24, 2.45) is 5.92 Å². The number of rotatable bonds is 6. The van der Waals surface area contributed by atoms with E-state index >= 15 is 0 Å². The SMILES string of the molecule is Cc1cccc(OCCC(C#N)C(=O)Nc2ccc3c(c2)OCCO3)c1. The first-order valence-corrected chi connectivity index (χ1v) is 8.45. The zero-order chi connectivity index (χ0) is 18.4. The van der Waals surface area contributed by atoms with Crippen LogP contribution in [-0.2, 0) is 4.79 Å². The summed E-state index contributed by atoms with van der Waals surface area (Å²) >= 11 is 0. The minimum atomic E-state index is -0.798. The standard InChI is InChI=1S/C20H20N2O4/c1-14-3-2-4-17(11-14)24-8-7-15(13-21)20(23)22-16-5-6-18-19(12-16)26-10-9-25-18/h2-6,11-12,15H,7-10H2,1H3,(H,22,23). The molecule has 1 atom stereocenters. The van der Waals surface area contributed by atoms with Crippen molar-refractivity contribution in [2.75, 3.05) is 25.1 Å². The summed E-state index contributed by atoms with van der Waals surface area (Å²) in [7, 11) is 0. The molecule has 0 bridgehead atoms. The maximum Gasteiger partial charge on any atom is 0.241 e. The molecule has 2 aromatic rings. The second-order valence-corrected chi connectivity index (χ2v) is 5.98. The predicted molar refractivity (Wildman–Crippen MR) is 96.5 cm³/mol. The highest BCUT2D eigenvalue weighted by Gasteiger charge is 2.19. The molecule has 0 spiro atoms. The molecule has 26 heavy (non-hydrogen) atoms. The molecule has 1 heterocycles. The minimum absolute atomic E-state index is 0.288. The lowest BCUT2D eigenvalue weighted by Crippen LogP contribution is -2.23. The molecule has 3 rings (SSSR count). The second kappa shape index (κ2) is 8.26. The molecule has 0 aliphatic carbocycles. The molecule has 1 aliphatic heterocycles. The molecule has 6 heteroatoms. The summed E-state index contributed by atoms with van der Waals surface area (Å²) in [5, 5.41) is 12.0. The van der Waals surface area contributed by atoms with Gasteiger partial charge in [-0.15, -0.1) is 0 Å². The smallest absolute Gasteiger partial charge is 0.241 e. The van der Waals surface area contributed by atoms with Gasteiger partial charge in [0.15, 0.2) is 11.5 Å². The fourth-order valence-corrected chi connectivity index (χ4v) is 2.60. The Morgan fingerprint density at radius 1 is 1.23 bits per heavy atom. The van der Waals surface area contributed by atoms with Crippen molar-refractivity contribution in [3.8, 4) is 23.3 Å². The van der Waals surface area contributed by atoms with E-state index in [9.17, 15) is 10.1 Å². The first-order chi connectivity index (χ1) is 12.7. The molecule has 0 aromatic heterocycles. The summed E-state index contributed by atoms with van der Waals surface area (Å²) in [5.41, 5.74) is 1.66. The molecule has 1 amide bonds.